The van der Waals surface area contributed by atoms with E-state index >= 15 is 0 Å². The molecule has 0 aliphatic heterocycles. The average Bonchev–Trinajstić information content (AvgIpc) is 2.00. The molecule has 0 aliphatic rings. The SMILES string of the molecule is Cc1cc(C)c(C)cc1C.[O-][S+](Cl)Cl. The van der Waals surface area contributed by atoms with Gasteiger partial charge in [-0.1, -0.05) is 12.1 Å². The van der Waals surface area contributed by atoms with Gasteiger partial charge in [0.15, 0.2) is 31.0 Å². The van der Waals surface area contributed by atoms with Crippen LogP contribution in [0.5, 0.6) is 0 Å². The van der Waals surface area contributed by atoms with Gasteiger partial charge < -0.3 is 4.55 Å². The molecule has 0 atom stereocenters. The largest absolute Gasteiger partial charge is 0.582 e. The highest BCUT2D eigenvalue weighted by Crippen LogP contribution is 2.13. The van der Waals surface area contributed by atoms with E-state index in [1.54, 1.807) is 0 Å². The summed E-state index contributed by atoms with van der Waals surface area (Å²) in [7, 11) is 7.36. The third kappa shape index (κ3) is 5.76. The number of rotatable bonds is 0. The Balaban J connectivity index is 0.000000364. The van der Waals surface area contributed by atoms with Gasteiger partial charge in [-0.2, -0.15) is 0 Å². The summed E-state index contributed by atoms with van der Waals surface area (Å²) in [5.74, 6) is 0. The van der Waals surface area contributed by atoms with Crippen LogP contribution in [0, 0.1) is 27.7 Å². The molecule has 14 heavy (non-hydrogen) atoms. The summed E-state index contributed by atoms with van der Waals surface area (Å²) in [5, 5.41) is 0. The molecule has 0 heterocycles. The van der Waals surface area contributed by atoms with E-state index in [2.05, 4.69) is 61.2 Å². The zero-order chi connectivity index (χ0) is 11.3. The Bertz CT molecular complexity index is 247. The normalized spacial score (nSPS) is 9.71. The van der Waals surface area contributed by atoms with E-state index < -0.39 is 9.60 Å². The maximum Gasteiger partial charge on any atom is 0.198 e. The Hall–Kier alpha value is 0.110. The third-order valence-electron chi connectivity index (χ3n) is 2.11. The monoisotopic (exact) mass is 252 g/mol. The van der Waals surface area contributed by atoms with Gasteiger partial charge in [0.2, 0.25) is 0 Å². The molecule has 1 aromatic rings. The van der Waals surface area contributed by atoms with Crippen molar-refractivity contribution in [3.8, 4) is 0 Å². The highest BCUT2D eigenvalue weighted by molar-refractivity contribution is 8.31. The molecule has 4 heteroatoms. The van der Waals surface area contributed by atoms with Crippen molar-refractivity contribution in [2.75, 3.05) is 0 Å². The van der Waals surface area contributed by atoms with Crippen molar-refractivity contribution in [3.05, 3.63) is 34.4 Å². The van der Waals surface area contributed by atoms with Crippen molar-refractivity contribution in [3.63, 3.8) is 0 Å². The lowest BCUT2D eigenvalue weighted by Crippen LogP contribution is -1.86. The molecule has 80 valence electrons. The summed E-state index contributed by atoms with van der Waals surface area (Å²) < 4.78 is 9.09. The second-order valence-corrected chi connectivity index (χ2v) is 5.73. The van der Waals surface area contributed by atoms with Crippen molar-refractivity contribution in [1.82, 2.24) is 0 Å². The molecule has 0 saturated heterocycles. The number of hydrogen-bond acceptors (Lipinski definition) is 1. The lowest BCUT2D eigenvalue weighted by Gasteiger charge is -2.04. The molecule has 1 rings (SSSR count). The number of halogens is 2. The number of aryl methyl sites for hydroxylation is 4. The van der Waals surface area contributed by atoms with Gasteiger partial charge in [0.05, 0.1) is 0 Å². The fourth-order valence-electron chi connectivity index (χ4n) is 1.10. The van der Waals surface area contributed by atoms with Gasteiger partial charge in [-0.15, -0.1) is 0 Å². The summed E-state index contributed by atoms with van der Waals surface area (Å²) in [4.78, 5) is 0. The van der Waals surface area contributed by atoms with Gasteiger partial charge in [-0.3, -0.25) is 0 Å². The summed E-state index contributed by atoms with van der Waals surface area (Å²) >= 11 is 0. The van der Waals surface area contributed by atoms with Crippen molar-refractivity contribution >= 4 is 31.0 Å². The first-order valence-corrected chi connectivity index (χ1v) is 6.93. The van der Waals surface area contributed by atoms with Crippen LogP contribution in [0.1, 0.15) is 22.3 Å². The summed E-state index contributed by atoms with van der Waals surface area (Å²) in [6, 6.07) is 4.48. The smallest absolute Gasteiger partial charge is 0.198 e. The fraction of sp³-hybridized carbons (Fsp3) is 0.400. The Morgan fingerprint density at radius 2 is 1.00 bits per heavy atom. The predicted molar refractivity (Wildman–Crippen MR) is 65.2 cm³/mol. The Morgan fingerprint density at radius 3 is 1.14 bits per heavy atom. The molecule has 0 aromatic heterocycles. The summed E-state index contributed by atoms with van der Waals surface area (Å²) in [6.07, 6.45) is 0. The van der Waals surface area contributed by atoms with E-state index in [1.165, 1.54) is 22.3 Å². The van der Waals surface area contributed by atoms with Gasteiger partial charge in [-0.25, -0.2) is 0 Å². The van der Waals surface area contributed by atoms with Gasteiger partial charge in [0, 0.05) is 0 Å². The first-order chi connectivity index (χ1) is 6.34. The first-order valence-electron chi connectivity index (χ1n) is 4.13. The van der Waals surface area contributed by atoms with Crippen LogP contribution in [-0.2, 0) is 9.60 Å². The van der Waals surface area contributed by atoms with Crippen LogP contribution in [0.2, 0.25) is 0 Å². The van der Waals surface area contributed by atoms with E-state index in [0.717, 1.165) is 0 Å². The molecule has 1 aromatic carbocycles. The Morgan fingerprint density at radius 1 is 0.857 bits per heavy atom. The second-order valence-electron chi connectivity index (χ2n) is 3.21. The van der Waals surface area contributed by atoms with Crippen LogP contribution >= 0.6 is 21.4 Å². The van der Waals surface area contributed by atoms with Crippen LogP contribution in [-0.4, -0.2) is 4.55 Å². The molecule has 0 spiro atoms. The van der Waals surface area contributed by atoms with Crippen LogP contribution in [0.3, 0.4) is 0 Å². The molecule has 0 fully saturated rings. The average molecular weight is 253 g/mol. The standard InChI is InChI=1S/C10H14.Cl2OS/c1-7-5-9(3)10(4)6-8(7)2;1-4(2)3/h5-6H,1-4H3;. The van der Waals surface area contributed by atoms with Crippen LogP contribution in [0.4, 0.5) is 0 Å². The molecular weight excluding hydrogens is 239 g/mol. The minimum atomic E-state index is -1.67. The molecule has 0 N–H and O–H groups in total. The molecule has 0 radical (unpaired) electrons. The Labute approximate surface area is 97.6 Å². The van der Waals surface area contributed by atoms with E-state index in [-0.39, 0.29) is 0 Å². The molecule has 0 amide bonds. The first kappa shape index (κ1) is 14.1. The zero-order valence-electron chi connectivity index (χ0n) is 8.73. The summed E-state index contributed by atoms with van der Waals surface area (Å²) in [6.45, 7) is 8.62. The predicted octanol–water partition coefficient (Wildman–Crippen LogP) is 3.96. The molecule has 0 unspecified atom stereocenters. The third-order valence-corrected chi connectivity index (χ3v) is 2.11. The lowest BCUT2D eigenvalue weighted by atomic mass is 10.0. The topological polar surface area (TPSA) is 23.1 Å². The van der Waals surface area contributed by atoms with Crippen molar-refractivity contribution in [2.45, 2.75) is 27.7 Å². The number of benzene rings is 1. The highest BCUT2D eigenvalue weighted by atomic mass is 36.0. The second kappa shape index (κ2) is 6.57. The van der Waals surface area contributed by atoms with Crippen molar-refractivity contribution in [1.29, 1.82) is 0 Å². The molecule has 0 bridgehead atoms. The van der Waals surface area contributed by atoms with E-state index in [9.17, 15) is 0 Å². The minimum absolute atomic E-state index is 1.39. The molecule has 0 saturated carbocycles. The van der Waals surface area contributed by atoms with E-state index in [4.69, 9.17) is 4.55 Å². The van der Waals surface area contributed by atoms with E-state index in [1.807, 2.05) is 0 Å². The highest BCUT2D eigenvalue weighted by Gasteiger charge is 1.95. The number of hydrogen-bond donors (Lipinski definition) is 0. The zero-order valence-corrected chi connectivity index (χ0v) is 11.1. The molecular formula is C10H14Cl2OS. The maximum atomic E-state index is 9.09. The molecule has 0 aliphatic carbocycles. The van der Waals surface area contributed by atoms with Gasteiger partial charge in [-0.05, 0) is 49.9 Å². The minimum Gasteiger partial charge on any atom is -0.582 e. The fourth-order valence-corrected chi connectivity index (χ4v) is 1.10. The summed E-state index contributed by atoms with van der Waals surface area (Å²) in [5.41, 5.74) is 5.57. The maximum absolute atomic E-state index is 9.09. The van der Waals surface area contributed by atoms with Crippen LogP contribution in [0.15, 0.2) is 12.1 Å². The van der Waals surface area contributed by atoms with Gasteiger partial charge in [0.1, 0.15) is 0 Å². The lowest BCUT2D eigenvalue weighted by molar-refractivity contribution is 0.620. The Kier molecular flexibility index (Phi) is 6.62. The van der Waals surface area contributed by atoms with Crippen LogP contribution in [0.25, 0.3) is 0 Å². The van der Waals surface area contributed by atoms with Crippen molar-refractivity contribution < 1.29 is 4.55 Å². The van der Waals surface area contributed by atoms with E-state index in [0.29, 0.717) is 0 Å². The van der Waals surface area contributed by atoms with Crippen molar-refractivity contribution in [2.24, 2.45) is 0 Å². The van der Waals surface area contributed by atoms with Gasteiger partial charge >= 0.3 is 0 Å². The quantitative estimate of drug-likeness (QED) is 0.642. The van der Waals surface area contributed by atoms with Gasteiger partial charge in [0.25, 0.3) is 0 Å². The molecule has 1 nitrogen and oxygen atoms in total. The van der Waals surface area contributed by atoms with Crippen LogP contribution < -0.4 is 0 Å².